The number of carbonyl (C=O) groups is 1. The van der Waals surface area contributed by atoms with Crippen molar-refractivity contribution >= 4 is 31.9 Å². The van der Waals surface area contributed by atoms with Gasteiger partial charge in [-0.3, -0.25) is 4.79 Å². The molecule has 0 bridgehead atoms. The van der Waals surface area contributed by atoms with Crippen molar-refractivity contribution in [3.63, 3.8) is 0 Å². The first-order chi connectivity index (χ1) is 37.0. The molecule has 4 rings (SSSR count). The van der Waals surface area contributed by atoms with Crippen molar-refractivity contribution in [1.82, 2.24) is 0 Å². The second-order valence-corrected chi connectivity index (χ2v) is 22.0. The van der Waals surface area contributed by atoms with Gasteiger partial charge in [-0.1, -0.05) is 80.7 Å². The smallest absolute Gasteiger partial charge is 0.303 e. The molecule has 18 nitrogen and oxygen atoms in total. The molecule has 2 aliphatic rings. The van der Waals surface area contributed by atoms with Gasteiger partial charge in [-0.2, -0.15) is 0 Å². The first-order valence-corrected chi connectivity index (χ1v) is 29.4. The maximum atomic E-state index is 12.4. The largest absolute Gasteiger partial charge is 0.744 e. The van der Waals surface area contributed by atoms with Gasteiger partial charge in [0.2, 0.25) is 0 Å². The van der Waals surface area contributed by atoms with E-state index < -0.39 is 37.0 Å². The summed E-state index contributed by atoms with van der Waals surface area (Å²) in [6.45, 7) is 10.6. The van der Waals surface area contributed by atoms with Crippen LogP contribution in [0.5, 0.6) is 0 Å². The van der Waals surface area contributed by atoms with Crippen LogP contribution < -0.4 is 4.90 Å². The molecule has 0 aromatic heterocycles. The summed E-state index contributed by atoms with van der Waals surface area (Å²) in [4.78, 5) is 12.5. The van der Waals surface area contributed by atoms with Gasteiger partial charge < -0.3 is 61.7 Å². The number of ether oxygens (including phenoxy) is 9. The van der Waals surface area contributed by atoms with Gasteiger partial charge in [0.1, 0.15) is 20.2 Å². The molecule has 2 aromatic carbocycles. The quantitative estimate of drug-likeness (QED) is 0.0377. The standard InChI is InChI=1S/C57H85NO17S2/c1-56(25-28-70-35-37-74-41-39-72-33-31-68-4)50(46(17-13-9-6-7-12-16-20-55(59)60)43-47-21-22-48(44-51(47)56)76(61,62)63)18-14-10-8-11-15-19-54-57(2,26-29-71-36-38-75-42-40-73-34-32-69-5)52-45-49(77(64,65)66)23-24-53(52)58(54)27-30-67-3/h8,10-11,14-15,18-19,21-24,44-45H,6-7,9,12-13,16-17,20,25-43H2,1-5H3,(H,59,60)(H,61,62,63)(H,64,65,66)/p-2/b10-8+,15-11+,18-14+,54-19+. The highest BCUT2D eigenvalue weighted by Crippen LogP contribution is 2.51. The summed E-state index contributed by atoms with van der Waals surface area (Å²) in [5, 5.41) is 9.04. The summed E-state index contributed by atoms with van der Waals surface area (Å²) in [6.07, 6.45) is 21.4. The lowest BCUT2D eigenvalue weighted by Gasteiger charge is -2.40. The number of methoxy groups -OCH3 is 3. The molecule has 2 atom stereocenters. The average molecular weight is 1120 g/mol. The van der Waals surface area contributed by atoms with Gasteiger partial charge in [0.15, 0.2) is 0 Å². The Labute approximate surface area is 457 Å². The Morgan fingerprint density at radius 1 is 0.584 bits per heavy atom. The van der Waals surface area contributed by atoms with Gasteiger partial charge in [0.05, 0.1) is 95.7 Å². The molecule has 1 heterocycles. The van der Waals surface area contributed by atoms with E-state index in [1.54, 1.807) is 33.5 Å². The second-order valence-electron chi connectivity index (χ2n) is 19.3. The van der Waals surface area contributed by atoms with Crippen molar-refractivity contribution in [2.75, 3.05) is 132 Å². The molecule has 2 aromatic rings. The number of unbranched alkanes of at least 4 members (excludes halogenated alkanes) is 5. The summed E-state index contributed by atoms with van der Waals surface area (Å²) in [5.41, 5.74) is 4.75. The van der Waals surface area contributed by atoms with E-state index in [9.17, 15) is 30.7 Å². The Morgan fingerprint density at radius 2 is 1.05 bits per heavy atom. The van der Waals surface area contributed by atoms with Crippen LogP contribution in [0.3, 0.4) is 0 Å². The Bertz CT molecular complexity index is 2490. The van der Waals surface area contributed by atoms with E-state index >= 15 is 0 Å². The molecule has 1 aliphatic heterocycles. The number of hydrogen-bond donors (Lipinski definition) is 1. The van der Waals surface area contributed by atoms with Crippen LogP contribution in [0.15, 0.2) is 106 Å². The minimum Gasteiger partial charge on any atom is -0.744 e. The van der Waals surface area contributed by atoms with Crippen LogP contribution in [0.25, 0.3) is 0 Å². The third-order valence-electron chi connectivity index (χ3n) is 13.8. The molecule has 20 heteroatoms. The summed E-state index contributed by atoms with van der Waals surface area (Å²) < 4.78 is 124. The van der Waals surface area contributed by atoms with Crippen LogP contribution in [0.1, 0.15) is 94.7 Å². The highest BCUT2D eigenvalue weighted by Gasteiger charge is 2.43. The Kier molecular flexibility index (Phi) is 29.5. The van der Waals surface area contributed by atoms with Crippen LogP contribution in [0, 0.1) is 0 Å². The molecule has 0 radical (unpaired) electrons. The molecule has 1 aliphatic carbocycles. The summed E-state index contributed by atoms with van der Waals surface area (Å²) in [6, 6.07) is 9.14. The van der Waals surface area contributed by atoms with E-state index in [4.69, 9.17) is 47.7 Å². The van der Waals surface area contributed by atoms with Gasteiger partial charge in [-0.15, -0.1) is 0 Å². The van der Waals surface area contributed by atoms with E-state index in [1.165, 1.54) is 29.8 Å². The number of anilines is 1. The fraction of sp³-hybridized carbons (Fsp3) is 0.596. The van der Waals surface area contributed by atoms with Crippen LogP contribution in [-0.4, -0.2) is 164 Å². The number of allylic oxidation sites excluding steroid dienone is 10. The first kappa shape index (κ1) is 65.4. The van der Waals surface area contributed by atoms with Crippen LogP contribution in [0.4, 0.5) is 5.69 Å². The van der Waals surface area contributed by atoms with Gasteiger partial charge in [0.25, 0.3) is 0 Å². The normalized spacial score (nSPS) is 18.5. The maximum Gasteiger partial charge on any atom is 0.303 e. The van der Waals surface area contributed by atoms with Gasteiger partial charge in [-0.05, 0) is 104 Å². The zero-order chi connectivity index (χ0) is 56.0. The highest BCUT2D eigenvalue weighted by molar-refractivity contribution is 7.86. The number of carboxylic acid groups (broad SMARTS) is 1. The van der Waals surface area contributed by atoms with Crippen molar-refractivity contribution < 1.29 is 78.5 Å². The van der Waals surface area contributed by atoms with Crippen molar-refractivity contribution in [3.8, 4) is 0 Å². The Hall–Kier alpha value is -4.13. The number of carboxylic acids is 1. The molecular weight excluding hydrogens is 1030 g/mol. The zero-order valence-corrected chi connectivity index (χ0v) is 47.5. The van der Waals surface area contributed by atoms with Crippen LogP contribution in [-0.2, 0) is 84.9 Å². The lowest BCUT2D eigenvalue weighted by atomic mass is 9.65. The van der Waals surface area contributed by atoms with E-state index in [0.717, 1.165) is 66.6 Å². The summed E-state index contributed by atoms with van der Waals surface area (Å²) in [5.74, 6) is -0.782. The zero-order valence-electron chi connectivity index (χ0n) is 45.8. The fourth-order valence-electron chi connectivity index (χ4n) is 9.64. The molecule has 0 spiro atoms. The van der Waals surface area contributed by atoms with E-state index in [2.05, 4.69) is 17.9 Å². The highest BCUT2D eigenvalue weighted by atomic mass is 32.2. The third-order valence-corrected chi connectivity index (χ3v) is 15.4. The maximum absolute atomic E-state index is 12.4. The third kappa shape index (κ3) is 21.8. The van der Waals surface area contributed by atoms with Crippen molar-refractivity contribution in [2.45, 2.75) is 105 Å². The van der Waals surface area contributed by atoms with Crippen molar-refractivity contribution in [2.24, 2.45) is 0 Å². The molecular formula is C57H83NO17S2-2. The Balaban J connectivity index is 1.61. The summed E-state index contributed by atoms with van der Waals surface area (Å²) in [7, 11) is -4.66. The van der Waals surface area contributed by atoms with Gasteiger partial charge in [-0.25, -0.2) is 16.8 Å². The molecule has 2 unspecified atom stereocenters. The van der Waals surface area contributed by atoms with Gasteiger partial charge in [0, 0.05) is 69.7 Å². The van der Waals surface area contributed by atoms with Crippen LogP contribution in [0.2, 0.25) is 0 Å². The van der Waals surface area contributed by atoms with E-state index in [0.29, 0.717) is 137 Å². The second kappa shape index (κ2) is 34.8. The molecule has 0 saturated heterocycles. The molecule has 77 heavy (non-hydrogen) atoms. The molecule has 1 N–H and O–H groups in total. The van der Waals surface area contributed by atoms with Gasteiger partial charge >= 0.3 is 5.97 Å². The molecule has 432 valence electrons. The van der Waals surface area contributed by atoms with E-state index in [1.807, 2.05) is 43.4 Å². The minimum absolute atomic E-state index is 0.170. The topological polar surface area (TPSA) is 238 Å². The monoisotopic (exact) mass is 1120 g/mol. The number of rotatable bonds is 42. The lowest BCUT2D eigenvalue weighted by Crippen LogP contribution is -2.32. The Morgan fingerprint density at radius 3 is 1.60 bits per heavy atom. The lowest BCUT2D eigenvalue weighted by molar-refractivity contribution is -0.137. The predicted molar refractivity (Wildman–Crippen MR) is 291 cm³/mol. The average Bonchev–Trinajstić information content (AvgIpc) is 3.64. The fourth-order valence-corrected chi connectivity index (χ4v) is 10.6. The molecule has 0 fully saturated rings. The van der Waals surface area contributed by atoms with Crippen molar-refractivity contribution in [3.05, 3.63) is 112 Å². The molecule has 0 saturated carbocycles. The molecule has 0 amide bonds. The predicted octanol–water partition coefficient (Wildman–Crippen LogP) is 7.96. The first-order valence-electron chi connectivity index (χ1n) is 26.6. The summed E-state index contributed by atoms with van der Waals surface area (Å²) >= 11 is 0. The van der Waals surface area contributed by atoms with Crippen LogP contribution >= 0.6 is 0 Å². The number of hydrogen-bond acceptors (Lipinski definition) is 17. The number of benzene rings is 2. The number of nitrogens with zero attached hydrogens (tertiary/aromatic N) is 1. The van der Waals surface area contributed by atoms with E-state index in [-0.39, 0.29) is 16.2 Å². The van der Waals surface area contributed by atoms with Crippen molar-refractivity contribution in [1.29, 1.82) is 0 Å². The minimum atomic E-state index is -4.75. The number of aliphatic carboxylic acids is 1. The number of fused-ring (bicyclic) bond motifs is 2. The SMILES string of the molecule is COCCOCCOCCOCCC1(C)C(/C=C/C=C/C=C/C=C2/N(CCOC)c3ccc(S(=O)(=O)[O-])cc3C2(C)CCOCCOCCOCCOC)=C(CCCCCCCCC(=O)O)Cc2ccc(S(=O)(=O)[O-])cc21.